The second-order valence-electron chi connectivity index (χ2n) is 4.59. The second kappa shape index (κ2) is 4.58. The lowest BCUT2D eigenvalue weighted by molar-refractivity contribution is 0.0956. The van der Waals surface area contributed by atoms with E-state index in [1.807, 2.05) is 42.5 Å². The summed E-state index contributed by atoms with van der Waals surface area (Å²) in [5, 5.41) is 12.1. The Kier molecular flexibility index (Phi) is 2.77. The highest BCUT2D eigenvalue weighted by Crippen LogP contribution is 2.28. The Morgan fingerprint density at radius 3 is 2.68 bits per heavy atom. The first-order valence-electron chi connectivity index (χ1n) is 6.17. The van der Waals surface area contributed by atoms with E-state index in [4.69, 9.17) is 5.26 Å². The van der Waals surface area contributed by atoms with Crippen LogP contribution in [0.3, 0.4) is 0 Å². The van der Waals surface area contributed by atoms with Crippen molar-refractivity contribution in [3.8, 4) is 6.07 Å². The maximum Gasteiger partial charge on any atom is 0.252 e. The minimum Gasteiger partial charge on any atom is -0.345 e. The van der Waals surface area contributed by atoms with E-state index >= 15 is 0 Å². The molecule has 1 amide bonds. The van der Waals surface area contributed by atoms with Crippen molar-refractivity contribution in [3.63, 3.8) is 0 Å². The molecular formula is C16H12N2O. The summed E-state index contributed by atoms with van der Waals surface area (Å²) in [6.45, 7) is 0. The van der Waals surface area contributed by atoms with E-state index in [1.165, 1.54) is 0 Å². The number of carbonyl (C=O) groups is 1. The van der Waals surface area contributed by atoms with E-state index in [9.17, 15) is 4.79 Å². The maximum atomic E-state index is 11.8. The number of carbonyl (C=O) groups excluding carboxylic acids is 1. The number of nitrogens with one attached hydrogen (secondary N) is 1. The zero-order valence-corrected chi connectivity index (χ0v) is 10.3. The van der Waals surface area contributed by atoms with Crippen molar-refractivity contribution in [2.45, 2.75) is 12.5 Å². The monoisotopic (exact) mass is 248 g/mol. The van der Waals surface area contributed by atoms with Gasteiger partial charge < -0.3 is 5.32 Å². The van der Waals surface area contributed by atoms with Crippen LogP contribution >= 0.6 is 0 Å². The summed E-state index contributed by atoms with van der Waals surface area (Å²) in [7, 11) is 0. The lowest BCUT2D eigenvalue weighted by Crippen LogP contribution is -2.20. The Morgan fingerprint density at radius 1 is 1.11 bits per heavy atom. The van der Waals surface area contributed by atoms with Gasteiger partial charge >= 0.3 is 0 Å². The average Bonchev–Trinajstić information content (AvgIpc) is 2.77. The van der Waals surface area contributed by atoms with Gasteiger partial charge in [0.2, 0.25) is 0 Å². The minimum absolute atomic E-state index is 0.0324. The predicted molar refractivity (Wildman–Crippen MR) is 71.5 cm³/mol. The predicted octanol–water partition coefficient (Wildman–Crippen LogP) is 2.59. The molecule has 2 aromatic rings. The molecule has 0 spiro atoms. The lowest BCUT2D eigenvalue weighted by Gasteiger charge is -2.12. The third-order valence-corrected chi connectivity index (χ3v) is 3.45. The van der Waals surface area contributed by atoms with Gasteiger partial charge in [-0.3, -0.25) is 4.79 Å². The molecule has 1 heterocycles. The molecule has 0 radical (unpaired) electrons. The highest BCUT2D eigenvalue weighted by atomic mass is 16.2. The molecule has 0 aromatic heterocycles. The molecule has 3 nitrogen and oxygen atoms in total. The fourth-order valence-corrected chi connectivity index (χ4v) is 2.51. The van der Waals surface area contributed by atoms with E-state index in [0.29, 0.717) is 12.0 Å². The van der Waals surface area contributed by atoms with Gasteiger partial charge in [0.1, 0.15) is 0 Å². The topological polar surface area (TPSA) is 52.9 Å². The normalized spacial score (nSPS) is 16.6. The standard InChI is InChI=1S/C16H12N2O/c17-10-12-6-2-1-5-11(12)9-15-13-7-3-4-8-14(13)16(19)18-15/h1-8,15H,9H2,(H,18,19). The molecule has 3 heteroatoms. The van der Waals surface area contributed by atoms with E-state index in [1.54, 1.807) is 6.07 Å². The summed E-state index contributed by atoms with van der Waals surface area (Å²) >= 11 is 0. The Balaban J connectivity index is 1.94. The van der Waals surface area contributed by atoms with Gasteiger partial charge in [-0.15, -0.1) is 0 Å². The van der Waals surface area contributed by atoms with Crippen molar-refractivity contribution >= 4 is 5.91 Å². The zero-order valence-electron chi connectivity index (χ0n) is 10.3. The van der Waals surface area contributed by atoms with Crippen molar-refractivity contribution < 1.29 is 4.79 Å². The summed E-state index contributed by atoms with van der Waals surface area (Å²) in [6, 6.07) is 17.3. The highest BCUT2D eigenvalue weighted by Gasteiger charge is 2.28. The molecule has 1 unspecified atom stereocenters. The van der Waals surface area contributed by atoms with Crippen LogP contribution in [0.2, 0.25) is 0 Å². The van der Waals surface area contributed by atoms with Crippen LogP contribution in [0, 0.1) is 11.3 Å². The van der Waals surface area contributed by atoms with Crippen LogP contribution in [0.4, 0.5) is 0 Å². The van der Waals surface area contributed by atoms with Crippen molar-refractivity contribution in [1.82, 2.24) is 5.32 Å². The Morgan fingerprint density at radius 2 is 1.84 bits per heavy atom. The van der Waals surface area contributed by atoms with E-state index in [-0.39, 0.29) is 11.9 Å². The fourth-order valence-electron chi connectivity index (χ4n) is 2.51. The van der Waals surface area contributed by atoms with Crippen molar-refractivity contribution in [2.75, 3.05) is 0 Å². The van der Waals surface area contributed by atoms with Gasteiger partial charge in [0.25, 0.3) is 5.91 Å². The number of hydrogen-bond donors (Lipinski definition) is 1. The molecular weight excluding hydrogens is 236 g/mol. The summed E-state index contributed by atoms with van der Waals surface area (Å²) in [5.41, 5.74) is 3.38. The van der Waals surface area contributed by atoms with Crippen LogP contribution < -0.4 is 5.32 Å². The first kappa shape index (κ1) is 11.5. The molecule has 1 N–H and O–H groups in total. The smallest absolute Gasteiger partial charge is 0.252 e. The number of nitrogens with zero attached hydrogens (tertiary/aromatic N) is 1. The van der Waals surface area contributed by atoms with Gasteiger partial charge in [-0.2, -0.15) is 5.26 Å². The molecule has 92 valence electrons. The van der Waals surface area contributed by atoms with Crippen molar-refractivity contribution in [1.29, 1.82) is 5.26 Å². The van der Waals surface area contributed by atoms with Crippen LogP contribution in [0.1, 0.15) is 33.1 Å². The Bertz CT molecular complexity index is 685. The maximum absolute atomic E-state index is 11.8. The third-order valence-electron chi connectivity index (χ3n) is 3.45. The summed E-state index contributed by atoms with van der Waals surface area (Å²) in [5.74, 6) is -0.0324. The summed E-state index contributed by atoms with van der Waals surface area (Å²) in [6.07, 6.45) is 0.645. The van der Waals surface area contributed by atoms with Crippen LogP contribution in [0.5, 0.6) is 0 Å². The van der Waals surface area contributed by atoms with Crippen LogP contribution in [-0.4, -0.2) is 5.91 Å². The van der Waals surface area contributed by atoms with Crippen LogP contribution in [0.15, 0.2) is 48.5 Å². The fraction of sp³-hybridized carbons (Fsp3) is 0.125. The number of fused-ring (bicyclic) bond motifs is 1. The molecule has 0 saturated heterocycles. The molecule has 0 fully saturated rings. The van der Waals surface area contributed by atoms with Gasteiger partial charge in [0, 0.05) is 5.56 Å². The number of nitriles is 1. The quantitative estimate of drug-likeness (QED) is 0.888. The van der Waals surface area contributed by atoms with Crippen LogP contribution in [-0.2, 0) is 6.42 Å². The average molecular weight is 248 g/mol. The van der Waals surface area contributed by atoms with Gasteiger partial charge in [-0.05, 0) is 29.7 Å². The van der Waals surface area contributed by atoms with Crippen molar-refractivity contribution in [2.24, 2.45) is 0 Å². The molecule has 3 rings (SSSR count). The summed E-state index contributed by atoms with van der Waals surface area (Å²) < 4.78 is 0. The third kappa shape index (κ3) is 1.98. The van der Waals surface area contributed by atoms with Gasteiger partial charge in [0.15, 0.2) is 0 Å². The summed E-state index contributed by atoms with van der Waals surface area (Å²) in [4.78, 5) is 11.8. The minimum atomic E-state index is -0.0433. The highest BCUT2D eigenvalue weighted by molar-refractivity contribution is 5.99. The van der Waals surface area contributed by atoms with Crippen LogP contribution in [0.25, 0.3) is 0 Å². The molecule has 0 bridgehead atoms. The first-order chi connectivity index (χ1) is 9.29. The largest absolute Gasteiger partial charge is 0.345 e. The zero-order chi connectivity index (χ0) is 13.2. The van der Waals surface area contributed by atoms with E-state index in [2.05, 4.69) is 11.4 Å². The van der Waals surface area contributed by atoms with Gasteiger partial charge in [-0.1, -0.05) is 36.4 Å². The molecule has 1 aliphatic heterocycles. The molecule has 0 saturated carbocycles. The first-order valence-corrected chi connectivity index (χ1v) is 6.17. The molecule has 0 aliphatic carbocycles. The molecule has 19 heavy (non-hydrogen) atoms. The number of amides is 1. The molecule has 1 aliphatic rings. The van der Waals surface area contributed by atoms with Gasteiger partial charge in [-0.25, -0.2) is 0 Å². The van der Waals surface area contributed by atoms with E-state index in [0.717, 1.165) is 16.7 Å². The Hall–Kier alpha value is -2.60. The van der Waals surface area contributed by atoms with Crippen molar-refractivity contribution in [3.05, 3.63) is 70.8 Å². The number of benzene rings is 2. The van der Waals surface area contributed by atoms with E-state index < -0.39 is 0 Å². The molecule has 2 aromatic carbocycles. The van der Waals surface area contributed by atoms with Gasteiger partial charge in [0.05, 0.1) is 17.7 Å². The second-order valence-corrected chi connectivity index (χ2v) is 4.59. The lowest BCUT2D eigenvalue weighted by atomic mass is 9.96. The number of hydrogen-bond acceptors (Lipinski definition) is 2. The molecule has 1 atom stereocenters. The SMILES string of the molecule is N#Cc1ccccc1CC1NC(=O)c2ccccc21. The number of rotatable bonds is 2. The Labute approximate surface area is 111 Å².